The number of benzene rings is 3. The number of rotatable bonds is 5. The minimum atomic E-state index is -0.325. The Hall–Kier alpha value is -3.55. The van der Waals surface area contributed by atoms with E-state index in [0.29, 0.717) is 26.3 Å². The molecule has 2 heterocycles. The van der Waals surface area contributed by atoms with Crippen LogP contribution in [-0.4, -0.2) is 17.9 Å². The van der Waals surface area contributed by atoms with Gasteiger partial charge in [0.25, 0.3) is 0 Å². The number of hydrogen-bond acceptors (Lipinski definition) is 5. The second-order valence-electron chi connectivity index (χ2n) is 7.65. The van der Waals surface area contributed by atoms with Crippen molar-refractivity contribution in [1.29, 1.82) is 0 Å². The minimum Gasteiger partial charge on any atom is -0.497 e. The number of halogens is 2. The fourth-order valence-corrected chi connectivity index (χ4v) is 5.14. The molecule has 0 atom stereocenters. The monoisotopic (exact) mass is 532 g/mol. The number of nitrogen functional groups attached to an aromatic ring is 1. The van der Waals surface area contributed by atoms with E-state index in [9.17, 15) is 9.18 Å². The van der Waals surface area contributed by atoms with Gasteiger partial charge in [-0.05, 0) is 77.9 Å². The van der Waals surface area contributed by atoms with E-state index in [0.717, 1.165) is 32.6 Å². The molecule has 7 heteroatoms. The number of nitrogens with two attached hydrogens (primary N) is 1. The molecule has 5 aromatic rings. The molecule has 168 valence electrons. The fourth-order valence-electron chi connectivity index (χ4n) is 3.79. The molecule has 2 N–H and O–H groups in total. The summed E-state index contributed by atoms with van der Waals surface area (Å²) >= 11 is 4.66. The smallest absolute Gasteiger partial charge is 0.205 e. The molecule has 0 saturated heterocycles. The summed E-state index contributed by atoms with van der Waals surface area (Å²) in [5.74, 6) is 0.254. The lowest BCUT2D eigenvalue weighted by molar-refractivity contribution is 0.104. The first-order valence-electron chi connectivity index (χ1n) is 10.4. The zero-order valence-electron chi connectivity index (χ0n) is 18.0. The molecule has 0 unspecified atom stereocenters. The van der Waals surface area contributed by atoms with Gasteiger partial charge in [0.15, 0.2) is 0 Å². The van der Waals surface area contributed by atoms with Gasteiger partial charge >= 0.3 is 0 Å². The molecule has 4 nitrogen and oxygen atoms in total. The summed E-state index contributed by atoms with van der Waals surface area (Å²) in [5.41, 5.74) is 10.7. The average molecular weight is 533 g/mol. The summed E-state index contributed by atoms with van der Waals surface area (Å²) < 4.78 is 19.8. The Kier molecular flexibility index (Phi) is 5.89. The number of thiophene rings is 1. The van der Waals surface area contributed by atoms with Crippen LogP contribution in [0.15, 0.2) is 83.3 Å². The second-order valence-corrected chi connectivity index (χ2v) is 9.57. The summed E-state index contributed by atoms with van der Waals surface area (Å²) in [6.07, 6.45) is 0. The number of methoxy groups -OCH3 is 1. The molecular weight excluding hydrogens is 515 g/mol. The van der Waals surface area contributed by atoms with E-state index in [1.165, 1.54) is 23.5 Å². The molecule has 34 heavy (non-hydrogen) atoms. The van der Waals surface area contributed by atoms with Gasteiger partial charge in [0.05, 0.1) is 18.5 Å². The van der Waals surface area contributed by atoms with Crippen LogP contribution in [0.5, 0.6) is 5.75 Å². The summed E-state index contributed by atoms with van der Waals surface area (Å²) in [6, 6.07) is 22.9. The second kappa shape index (κ2) is 9.00. The van der Waals surface area contributed by atoms with Gasteiger partial charge in [-0.2, -0.15) is 0 Å². The van der Waals surface area contributed by atoms with Gasteiger partial charge in [0.1, 0.15) is 21.3 Å². The van der Waals surface area contributed by atoms with Gasteiger partial charge in [-0.3, -0.25) is 4.79 Å². The first kappa shape index (κ1) is 22.3. The SMILES string of the molecule is COc1ccc(-c2cc(-c3ccc(F)cc3)c3c(N)c(C(=O)c4ccc(Br)cc4)sc3n2)cc1. The summed E-state index contributed by atoms with van der Waals surface area (Å²) in [5, 5.41) is 0.689. The number of hydrogen-bond donors (Lipinski definition) is 1. The zero-order chi connectivity index (χ0) is 23.8. The van der Waals surface area contributed by atoms with Gasteiger partial charge in [0.2, 0.25) is 5.78 Å². The third-order valence-electron chi connectivity index (χ3n) is 5.55. The van der Waals surface area contributed by atoms with Crippen LogP contribution in [-0.2, 0) is 0 Å². The van der Waals surface area contributed by atoms with E-state index < -0.39 is 0 Å². The van der Waals surface area contributed by atoms with Crippen molar-refractivity contribution in [3.63, 3.8) is 0 Å². The Labute approximate surface area is 208 Å². The topological polar surface area (TPSA) is 65.2 Å². The van der Waals surface area contributed by atoms with Gasteiger partial charge in [-0.1, -0.05) is 28.1 Å². The lowest BCUT2D eigenvalue weighted by Gasteiger charge is -2.09. The third-order valence-corrected chi connectivity index (χ3v) is 7.18. The highest BCUT2D eigenvalue weighted by Gasteiger charge is 2.22. The van der Waals surface area contributed by atoms with E-state index in [4.69, 9.17) is 15.5 Å². The first-order valence-corrected chi connectivity index (χ1v) is 12.0. The molecule has 0 fully saturated rings. The normalized spacial score (nSPS) is 11.0. The standard InChI is InChI=1S/C27H18BrFN2O2S/c1-33-20-12-6-16(7-13-20)22-14-21(15-4-10-19(29)11-5-15)23-24(30)26(34-27(23)31-22)25(32)17-2-8-18(28)9-3-17/h2-14H,30H2,1H3. The molecule has 3 aromatic carbocycles. The number of ether oxygens (including phenoxy) is 1. The highest BCUT2D eigenvalue weighted by Crippen LogP contribution is 2.42. The summed E-state index contributed by atoms with van der Waals surface area (Å²) in [6.45, 7) is 0. The van der Waals surface area contributed by atoms with Crippen molar-refractivity contribution in [2.75, 3.05) is 12.8 Å². The Balaban J connectivity index is 1.72. The number of nitrogens with zero attached hydrogens (tertiary/aromatic N) is 1. The van der Waals surface area contributed by atoms with E-state index in [1.54, 1.807) is 31.4 Å². The maximum Gasteiger partial charge on any atom is 0.205 e. The molecule has 0 spiro atoms. The number of ketones is 1. The largest absolute Gasteiger partial charge is 0.497 e. The molecule has 5 rings (SSSR count). The Bertz CT molecular complexity index is 1510. The van der Waals surface area contributed by atoms with Crippen molar-refractivity contribution in [2.24, 2.45) is 0 Å². The molecule has 0 radical (unpaired) electrons. The molecule has 0 bridgehead atoms. The number of carbonyl (C=O) groups excluding carboxylic acids is 1. The van der Waals surface area contributed by atoms with Crippen LogP contribution in [0.3, 0.4) is 0 Å². The van der Waals surface area contributed by atoms with Crippen molar-refractivity contribution < 1.29 is 13.9 Å². The molecular formula is C27H18BrFN2O2S. The minimum absolute atomic E-state index is 0.163. The van der Waals surface area contributed by atoms with Crippen LogP contribution < -0.4 is 10.5 Å². The van der Waals surface area contributed by atoms with Gasteiger partial charge < -0.3 is 10.5 Å². The Morgan fingerprint density at radius 1 is 0.971 bits per heavy atom. The van der Waals surface area contributed by atoms with E-state index >= 15 is 0 Å². The van der Waals surface area contributed by atoms with Crippen molar-refractivity contribution in [1.82, 2.24) is 4.98 Å². The Morgan fingerprint density at radius 3 is 2.26 bits per heavy atom. The summed E-state index contributed by atoms with van der Waals surface area (Å²) in [7, 11) is 1.62. The molecule has 0 amide bonds. The first-order chi connectivity index (χ1) is 16.4. The number of aromatic nitrogens is 1. The van der Waals surface area contributed by atoms with Crippen LogP contribution in [0, 0.1) is 5.82 Å². The predicted octanol–water partition coefficient (Wildman–Crippen LogP) is 7.35. The van der Waals surface area contributed by atoms with E-state index in [1.807, 2.05) is 42.5 Å². The van der Waals surface area contributed by atoms with Crippen LogP contribution >= 0.6 is 27.3 Å². The van der Waals surface area contributed by atoms with Crippen LogP contribution in [0.2, 0.25) is 0 Å². The van der Waals surface area contributed by atoms with Crippen LogP contribution in [0.1, 0.15) is 15.2 Å². The van der Waals surface area contributed by atoms with Crippen molar-refractivity contribution in [3.05, 3.63) is 99.6 Å². The summed E-state index contributed by atoms with van der Waals surface area (Å²) in [4.78, 5) is 19.2. The zero-order valence-corrected chi connectivity index (χ0v) is 20.4. The molecule has 0 saturated carbocycles. The lowest BCUT2D eigenvalue weighted by Crippen LogP contribution is -2.02. The average Bonchev–Trinajstić information content (AvgIpc) is 3.20. The lowest BCUT2D eigenvalue weighted by atomic mass is 9.98. The van der Waals surface area contributed by atoms with Crippen molar-refractivity contribution in [2.45, 2.75) is 0 Å². The van der Waals surface area contributed by atoms with Gasteiger partial charge in [-0.25, -0.2) is 9.37 Å². The third kappa shape index (κ3) is 4.08. The highest BCUT2D eigenvalue weighted by molar-refractivity contribution is 9.10. The van der Waals surface area contributed by atoms with Crippen molar-refractivity contribution in [3.8, 4) is 28.1 Å². The highest BCUT2D eigenvalue weighted by atomic mass is 79.9. The number of carbonyl (C=O) groups is 1. The predicted molar refractivity (Wildman–Crippen MR) is 139 cm³/mol. The van der Waals surface area contributed by atoms with Gasteiger partial charge in [0, 0.05) is 21.0 Å². The van der Waals surface area contributed by atoms with Crippen LogP contribution in [0.25, 0.3) is 32.6 Å². The van der Waals surface area contributed by atoms with Gasteiger partial charge in [-0.15, -0.1) is 11.3 Å². The maximum atomic E-state index is 13.6. The number of anilines is 1. The fraction of sp³-hybridized carbons (Fsp3) is 0.0370. The Morgan fingerprint density at radius 2 is 1.62 bits per heavy atom. The molecule has 0 aliphatic heterocycles. The van der Waals surface area contributed by atoms with Crippen molar-refractivity contribution >= 4 is 49.0 Å². The molecule has 0 aliphatic carbocycles. The maximum absolute atomic E-state index is 13.6. The number of fused-ring (bicyclic) bond motifs is 1. The quantitative estimate of drug-likeness (QED) is 0.240. The molecule has 0 aliphatic rings. The van der Waals surface area contributed by atoms with E-state index in [2.05, 4.69) is 15.9 Å². The van der Waals surface area contributed by atoms with E-state index in [-0.39, 0.29) is 11.6 Å². The van der Waals surface area contributed by atoms with Crippen LogP contribution in [0.4, 0.5) is 10.1 Å². The molecule has 2 aromatic heterocycles. The number of pyridine rings is 1.